The Labute approximate surface area is 164 Å². The van der Waals surface area contributed by atoms with Crippen molar-refractivity contribution in [3.63, 3.8) is 0 Å². The number of benzene rings is 3. The summed E-state index contributed by atoms with van der Waals surface area (Å²) < 4.78 is 0. The largest absolute Gasteiger partial charge is 0.359 e. The Morgan fingerprint density at radius 2 is 1.36 bits per heavy atom. The topological polar surface area (TPSA) is 62.5 Å². The van der Waals surface area contributed by atoms with Crippen LogP contribution < -0.4 is 0 Å². The van der Waals surface area contributed by atoms with Gasteiger partial charge in [-0.3, -0.25) is 0 Å². The lowest BCUT2D eigenvalue weighted by atomic mass is 9.75. The number of nitrogens with zero attached hydrogens (tertiary/aromatic N) is 1. The summed E-state index contributed by atoms with van der Waals surface area (Å²) >= 11 is 0. The average molecular weight is 371 g/mol. The second-order valence-electron chi connectivity index (χ2n) is 7.17. The molecule has 3 aromatic rings. The monoisotopic (exact) mass is 371 g/mol. The van der Waals surface area contributed by atoms with Gasteiger partial charge in [-0.05, 0) is 18.1 Å². The van der Waals surface area contributed by atoms with E-state index in [1.165, 1.54) is 0 Å². The summed E-state index contributed by atoms with van der Waals surface area (Å²) in [6.07, 6.45) is 0.252. The molecule has 0 amide bonds. The van der Waals surface area contributed by atoms with Crippen LogP contribution in [0.25, 0.3) is 0 Å². The van der Waals surface area contributed by atoms with Gasteiger partial charge in [0.25, 0.3) is 0 Å². The molecule has 0 spiro atoms. The molecule has 4 heteroatoms. The van der Waals surface area contributed by atoms with E-state index in [9.17, 15) is 10.4 Å². The molecule has 1 fully saturated rings. The zero-order valence-corrected chi connectivity index (χ0v) is 15.6. The number of nitriles is 1. The first-order valence-electron chi connectivity index (χ1n) is 9.25. The Morgan fingerprint density at radius 1 is 0.821 bits per heavy atom. The molecule has 1 aliphatic heterocycles. The molecule has 0 radical (unpaired) electrons. The van der Waals surface area contributed by atoms with Gasteiger partial charge in [0.1, 0.15) is 5.92 Å². The third-order valence-electron chi connectivity index (χ3n) is 5.38. The zero-order valence-electron chi connectivity index (χ0n) is 15.6. The summed E-state index contributed by atoms with van der Waals surface area (Å²) in [6, 6.07) is 28.9. The molecule has 2 unspecified atom stereocenters. The molecule has 3 aromatic carbocycles. The molecule has 0 aromatic heterocycles. The summed E-state index contributed by atoms with van der Waals surface area (Å²) in [5.41, 5.74) is 2.31. The normalized spacial score (nSPS) is 23.7. The van der Waals surface area contributed by atoms with E-state index < -0.39 is 17.3 Å². The van der Waals surface area contributed by atoms with Crippen LogP contribution in [-0.2, 0) is 21.2 Å². The van der Waals surface area contributed by atoms with Crippen molar-refractivity contribution in [2.24, 2.45) is 5.92 Å². The van der Waals surface area contributed by atoms with Crippen molar-refractivity contribution in [3.8, 4) is 6.07 Å². The van der Waals surface area contributed by atoms with E-state index in [1.807, 2.05) is 79.7 Å². The van der Waals surface area contributed by atoms with Gasteiger partial charge in [0, 0.05) is 12.0 Å². The molecule has 0 aliphatic carbocycles. The Bertz CT molecular complexity index is 940. The Balaban J connectivity index is 1.80. The van der Waals surface area contributed by atoms with Gasteiger partial charge in [-0.1, -0.05) is 90.5 Å². The highest BCUT2D eigenvalue weighted by Gasteiger charge is 2.54. The van der Waals surface area contributed by atoms with E-state index in [-0.39, 0.29) is 6.42 Å². The maximum Gasteiger partial charge on any atom is 0.241 e. The second-order valence-corrected chi connectivity index (χ2v) is 7.17. The number of aryl methyl sites for hydroxylation is 1. The van der Waals surface area contributed by atoms with Crippen LogP contribution in [0.4, 0.5) is 0 Å². The van der Waals surface area contributed by atoms with Crippen LogP contribution in [0.3, 0.4) is 0 Å². The van der Waals surface area contributed by atoms with E-state index in [1.54, 1.807) is 12.1 Å². The summed E-state index contributed by atoms with van der Waals surface area (Å²) in [7, 11) is 0. The molecule has 140 valence electrons. The van der Waals surface area contributed by atoms with Gasteiger partial charge in [-0.15, -0.1) is 0 Å². The fraction of sp³-hybridized carbons (Fsp3) is 0.208. The molecule has 0 saturated carbocycles. The van der Waals surface area contributed by atoms with Crippen molar-refractivity contribution < 1.29 is 14.9 Å². The van der Waals surface area contributed by atoms with Gasteiger partial charge in [0.2, 0.25) is 5.79 Å². The van der Waals surface area contributed by atoms with Gasteiger partial charge >= 0.3 is 0 Å². The molecule has 1 heterocycles. The van der Waals surface area contributed by atoms with Crippen LogP contribution in [0, 0.1) is 24.2 Å². The molecule has 1 saturated heterocycles. The molecule has 2 atom stereocenters. The van der Waals surface area contributed by atoms with E-state index in [4.69, 9.17) is 9.78 Å². The van der Waals surface area contributed by atoms with Crippen molar-refractivity contribution >= 4 is 0 Å². The molecule has 1 aliphatic rings. The van der Waals surface area contributed by atoms with Crippen LogP contribution in [0.15, 0.2) is 84.9 Å². The van der Waals surface area contributed by atoms with E-state index in [0.717, 1.165) is 16.7 Å². The SMILES string of the molecule is Cc1ccc(C2(O)OOC(c3ccccc3)(c3ccccc3)CC2C#N)cc1. The minimum Gasteiger partial charge on any atom is -0.359 e. The molecule has 0 bridgehead atoms. The fourth-order valence-electron chi connectivity index (χ4n) is 3.74. The summed E-state index contributed by atoms with van der Waals surface area (Å²) in [5.74, 6) is -2.67. The highest BCUT2D eigenvalue weighted by Crippen LogP contribution is 2.50. The number of aliphatic hydroxyl groups is 1. The first-order chi connectivity index (χ1) is 13.6. The van der Waals surface area contributed by atoms with Crippen molar-refractivity contribution in [3.05, 3.63) is 107 Å². The Kier molecular flexibility index (Phi) is 4.74. The van der Waals surface area contributed by atoms with Crippen molar-refractivity contribution in [1.82, 2.24) is 0 Å². The molecule has 4 nitrogen and oxygen atoms in total. The molecule has 4 rings (SSSR count). The second kappa shape index (κ2) is 7.21. The van der Waals surface area contributed by atoms with Gasteiger partial charge < -0.3 is 5.11 Å². The number of rotatable bonds is 3. The van der Waals surface area contributed by atoms with Crippen LogP contribution in [0.5, 0.6) is 0 Å². The first-order valence-corrected chi connectivity index (χ1v) is 9.25. The summed E-state index contributed by atoms with van der Waals surface area (Å²) in [4.78, 5) is 11.6. The predicted octanol–water partition coefficient (Wildman–Crippen LogP) is 4.58. The molecule has 1 N–H and O–H groups in total. The van der Waals surface area contributed by atoms with E-state index in [2.05, 4.69) is 6.07 Å². The standard InChI is InChI=1S/C24H21NO3/c1-18-12-14-21(15-13-18)24(26)22(17-25)16-23(27-28-24,19-8-4-2-5-9-19)20-10-6-3-7-11-20/h2-15,22,26H,16H2,1H3. The average Bonchev–Trinajstić information content (AvgIpc) is 2.76. The number of hydrogen-bond acceptors (Lipinski definition) is 4. The quantitative estimate of drug-likeness (QED) is 0.685. The molecular formula is C24H21NO3. The van der Waals surface area contributed by atoms with E-state index in [0.29, 0.717) is 5.56 Å². The van der Waals surface area contributed by atoms with Crippen molar-refractivity contribution in [2.75, 3.05) is 0 Å². The first kappa shape index (κ1) is 18.4. The lowest BCUT2D eigenvalue weighted by Crippen LogP contribution is -2.50. The minimum absolute atomic E-state index is 0.252. The highest BCUT2D eigenvalue weighted by molar-refractivity contribution is 5.38. The fourth-order valence-corrected chi connectivity index (χ4v) is 3.74. The maximum atomic E-state index is 11.2. The lowest BCUT2D eigenvalue weighted by Gasteiger charge is -2.45. The molecule has 28 heavy (non-hydrogen) atoms. The third kappa shape index (κ3) is 3.00. The van der Waals surface area contributed by atoms with Gasteiger partial charge in [0.05, 0.1) is 6.07 Å². The smallest absolute Gasteiger partial charge is 0.241 e. The van der Waals surface area contributed by atoms with Crippen LogP contribution in [0.2, 0.25) is 0 Å². The lowest BCUT2D eigenvalue weighted by molar-refractivity contribution is -0.500. The Morgan fingerprint density at radius 3 is 1.86 bits per heavy atom. The van der Waals surface area contributed by atoms with Crippen LogP contribution in [-0.4, -0.2) is 5.11 Å². The van der Waals surface area contributed by atoms with Gasteiger partial charge in [-0.25, -0.2) is 4.89 Å². The minimum atomic E-state index is -1.84. The zero-order chi connectivity index (χ0) is 19.6. The van der Waals surface area contributed by atoms with Crippen molar-refractivity contribution in [1.29, 1.82) is 5.26 Å². The number of hydrogen-bond donors (Lipinski definition) is 1. The highest BCUT2D eigenvalue weighted by atomic mass is 17.2. The van der Waals surface area contributed by atoms with Gasteiger partial charge in [0.15, 0.2) is 5.60 Å². The maximum absolute atomic E-state index is 11.2. The summed E-state index contributed by atoms with van der Waals surface area (Å²) in [6.45, 7) is 1.96. The summed E-state index contributed by atoms with van der Waals surface area (Å²) in [5, 5.41) is 21.2. The Hall–Kier alpha value is -2.97. The van der Waals surface area contributed by atoms with E-state index >= 15 is 0 Å². The van der Waals surface area contributed by atoms with Gasteiger partial charge in [-0.2, -0.15) is 10.1 Å². The van der Waals surface area contributed by atoms with Crippen LogP contribution >= 0.6 is 0 Å². The van der Waals surface area contributed by atoms with Crippen molar-refractivity contribution in [2.45, 2.75) is 24.7 Å². The molecular weight excluding hydrogens is 350 g/mol. The predicted molar refractivity (Wildman–Crippen MR) is 105 cm³/mol. The third-order valence-corrected chi connectivity index (χ3v) is 5.38. The van der Waals surface area contributed by atoms with Crippen LogP contribution in [0.1, 0.15) is 28.7 Å².